The van der Waals surface area contributed by atoms with E-state index >= 15 is 0 Å². The Kier molecular flexibility index (Phi) is 5.55. The van der Waals surface area contributed by atoms with Crippen LogP contribution in [0.4, 0.5) is 23.1 Å². The van der Waals surface area contributed by atoms with Crippen LogP contribution in [0.15, 0.2) is 30.3 Å². The number of aromatic nitrogens is 2. The van der Waals surface area contributed by atoms with E-state index in [1.807, 2.05) is 63.2 Å². The lowest BCUT2D eigenvalue weighted by atomic mass is 10.2. The number of nitrogens with one attached hydrogen (secondary N) is 1. The van der Waals surface area contributed by atoms with Gasteiger partial charge >= 0.3 is 0 Å². The summed E-state index contributed by atoms with van der Waals surface area (Å²) in [6.07, 6.45) is 0.647. The first-order valence-corrected chi connectivity index (χ1v) is 11.0. The van der Waals surface area contributed by atoms with Gasteiger partial charge in [0.15, 0.2) is 9.84 Å². The second kappa shape index (κ2) is 7.72. The van der Waals surface area contributed by atoms with Crippen LogP contribution in [0.5, 0.6) is 0 Å². The minimum Gasteiger partial charge on any atom is -0.378 e. The van der Waals surface area contributed by atoms with Crippen molar-refractivity contribution in [1.29, 1.82) is 0 Å². The van der Waals surface area contributed by atoms with E-state index in [1.165, 1.54) is 0 Å². The highest BCUT2D eigenvalue weighted by Crippen LogP contribution is 2.25. The molecule has 8 heteroatoms. The number of rotatable bonds is 6. The molecule has 2 aromatic rings. The van der Waals surface area contributed by atoms with Gasteiger partial charge in [-0.05, 0) is 44.5 Å². The summed E-state index contributed by atoms with van der Waals surface area (Å²) in [7, 11) is 1.06. The molecule has 0 radical (unpaired) electrons. The normalized spacial score (nSPS) is 18.3. The third-order valence-electron chi connectivity index (χ3n) is 4.76. The van der Waals surface area contributed by atoms with Crippen molar-refractivity contribution >= 4 is 33.0 Å². The number of hydrogen-bond donors (Lipinski definition) is 1. The molecule has 1 atom stereocenters. The van der Waals surface area contributed by atoms with Gasteiger partial charge in [-0.3, -0.25) is 0 Å². The van der Waals surface area contributed by atoms with Crippen molar-refractivity contribution in [2.45, 2.75) is 26.3 Å². The van der Waals surface area contributed by atoms with E-state index in [9.17, 15) is 8.42 Å². The molecule has 0 amide bonds. The molecule has 3 rings (SSSR count). The first-order valence-electron chi connectivity index (χ1n) is 9.14. The van der Waals surface area contributed by atoms with Crippen LogP contribution in [0.2, 0.25) is 0 Å². The molecule has 1 aliphatic rings. The van der Waals surface area contributed by atoms with Crippen LogP contribution >= 0.6 is 0 Å². The van der Waals surface area contributed by atoms with Gasteiger partial charge in [0.1, 0.15) is 5.82 Å². The number of anilines is 4. The van der Waals surface area contributed by atoms with Gasteiger partial charge in [0, 0.05) is 49.8 Å². The summed E-state index contributed by atoms with van der Waals surface area (Å²) in [4.78, 5) is 13.2. The number of aryl methyl sites for hydroxylation is 1. The first-order chi connectivity index (χ1) is 12.8. The van der Waals surface area contributed by atoms with Crippen LogP contribution in [-0.4, -0.2) is 56.6 Å². The van der Waals surface area contributed by atoms with E-state index in [4.69, 9.17) is 0 Å². The van der Waals surface area contributed by atoms with Crippen molar-refractivity contribution < 1.29 is 8.42 Å². The predicted octanol–water partition coefficient (Wildman–Crippen LogP) is 2.61. The fourth-order valence-electron chi connectivity index (χ4n) is 3.36. The highest BCUT2D eigenvalue weighted by atomic mass is 32.2. The summed E-state index contributed by atoms with van der Waals surface area (Å²) in [5.41, 5.74) is 2.86. The van der Waals surface area contributed by atoms with Gasteiger partial charge in [-0.1, -0.05) is 0 Å². The monoisotopic (exact) mass is 389 g/mol. The van der Waals surface area contributed by atoms with E-state index in [1.54, 1.807) is 0 Å². The molecule has 1 aliphatic heterocycles. The zero-order valence-electron chi connectivity index (χ0n) is 16.3. The van der Waals surface area contributed by atoms with Crippen molar-refractivity contribution in [2.24, 2.45) is 0 Å². The summed E-state index contributed by atoms with van der Waals surface area (Å²) in [5, 5.41) is 3.25. The maximum Gasteiger partial charge on any atom is 0.229 e. The van der Waals surface area contributed by atoms with Gasteiger partial charge in [0.05, 0.1) is 11.5 Å². The van der Waals surface area contributed by atoms with Crippen LogP contribution in [0, 0.1) is 6.92 Å². The lowest BCUT2D eigenvalue weighted by Crippen LogP contribution is -2.36. The Morgan fingerprint density at radius 3 is 2.44 bits per heavy atom. The molecule has 1 fully saturated rings. The molecule has 146 valence electrons. The Morgan fingerprint density at radius 2 is 1.89 bits per heavy atom. The average molecular weight is 390 g/mol. The summed E-state index contributed by atoms with van der Waals surface area (Å²) in [6, 6.07) is 9.92. The number of sulfone groups is 1. The summed E-state index contributed by atoms with van der Waals surface area (Å²) < 4.78 is 23.7. The van der Waals surface area contributed by atoms with Gasteiger partial charge < -0.3 is 15.1 Å². The third kappa shape index (κ3) is 4.68. The lowest BCUT2D eigenvalue weighted by Gasteiger charge is -2.28. The quantitative estimate of drug-likeness (QED) is 0.813. The SMILES string of the molecule is CCN(c1cc(C)nc(Nc2ccc(N(C)C)cc2)n1)C1CCS(=O)(=O)C1. The fourth-order valence-corrected chi connectivity index (χ4v) is 5.09. The van der Waals surface area contributed by atoms with Crippen LogP contribution in [0.25, 0.3) is 0 Å². The van der Waals surface area contributed by atoms with Crippen molar-refractivity contribution in [3.63, 3.8) is 0 Å². The molecule has 1 saturated heterocycles. The molecule has 1 aromatic heterocycles. The predicted molar refractivity (Wildman–Crippen MR) is 111 cm³/mol. The lowest BCUT2D eigenvalue weighted by molar-refractivity contribution is 0.599. The molecule has 27 heavy (non-hydrogen) atoms. The Bertz CT molecular complexity index is 897. The number of nitrogens with zero attached hydrogens (tertiary/aromatic N) is 4. The molecule has 1 unspecified atom stereocenters. The van der Waals surface area contributed by atoms with Gasteiger partial charge in [0.25, 0.3) is 0 Å². The van der Waals surface area contributed by atoms with Crippen molar-refractivity contribution in [3.8, 4) is 0 Å². The van der Waals surface area contributed by atoms with Crippen molar-refractivity contribution in [1.82, 2.24) is 9.97 Å². The maximum absolute atomic E-state index is 11.9. The summed E-state index contributed by atoms with van der Waals surface area (Å²) in [6.45, 7) is 4.65. The average Bonchev–Trinajstić information content (AvgIpc) is 2.95. The zero-order valence-corrected chi connectivity index (χ0v) is 17.1. The van der Waals surface area contributed by atoms with Crippen LogP contribution in [-0.2, 0) is 9.84 Å². The Labute approximate surface area is 161 Å². The fraction of sp³-hybridized carbons (Fsp3) is 0.474. The van der Waals surface area contributed by atoms with Crippen molar-refractivity contribution in [2.75, 3.05) is 47.3 Å². The summed E-state index contributed by atoms with van der Waals surface area (Å²) in [5.74, 6) is 1.72. The molecule has 0 aliphatic carbocycles. The second-order valence-corrected chi connectivity index (χ2v) is 9.33. The largest absolute Gasteiger partial charge is 0.378 e. The molecule has 7 nitrogen and oxygen atoms in total. The van der Waals surface area contributed by atoms with Gasteiger partial charge in [-0.2, -0.15) is 4.98 Å². The van der Waals surface area contributed by atoms with Gasteiger partial charge in [-0.25, -0.2) is 13.4 Å². The minimum atomic E-state index is -2.94. The highest BCUT2D eigenvalue weighted by Gasteiger charge is 2.32. The van der Waals surface area contributed by atoms with Crippen LogP contribution in [0.3, 0.4) is 0 Å². The van der Waals surface area contributed by atoms with E-state index in [0.29, 0.717) is 18.9 Å². The van der Waals surface area contributed by atoms with Crippen LogP contribution < -0.4 is 15.1 Å². The second-order valence-electron chi connectivity index (χ2n) is 7.10. The summed E-state index contributed by atoms with van der Waals surface area (Å²) >= 11 is 0. The van der Waals surface area contributed by atoms with E-state index < -0.39 is 9.84 Å². The number of benzene rings is 1. The number of hydrogen-bond acceptors (Lipinski definition) is 7. The Hall–Kier alpha value is -2.35. The van der Waals surface area contributed by atoms with E-state index in [-0.39, 0.29) is 17.5 Å². The van der Waals surface area contributed by atoms with Gasteiger partial charge in [0.2, 0.25) is 5.95 Å². The van der Waals surface area contributed by atoms with Crippen LogP contribution in [0.1, 0.15) is 19.0 Å². The minimum absolute atomic E-state index is 0.0264. The molecule has 1 N–H and O–H groups in total. The molecule has 2 heterocycles. The van der Waals surface area contributed by atoms with Crippen molar-refractivity contribution in [3.05, 3.63) is 36.0 Å². The smallest absolute Gasteiger partial charge is 0.229 e. The standard InChI is InChI=1S/C19H27N5O2S/c1-5-24(17-10-11-27(25,26)13-17)18-12-14(2)20-19(22-18)21-15-6-8-16(9-7-15)23(3)4/h6-9,12,17H,5,10-11,13H2,1-4H3,(H,20,21,22). The highest BCUT2D eigenvalue weighted by molar-refractivity contribution is 7.91. The topological polar surface area (TPSA) is 78.4 Å². The Morgan fingerprint density at radius 1 is 1.19 bits per heavy atom. The zero-order chi connectivity index (χ0) is 19.6. The third-order valence-corrected chi connectivity index (χ3v) is 6.52. The molecule has 0 bridgehead atoms. The van der Waals surface area contributed by atoms with E-state index in [0.717, 1.165) is 22.9 Å². The molecular formula is C19H27N5O2S. The molecule has 0 saturated carbocycles. The van der Waals surface area contributed by atoms with Gasteiger partial charge in [-0.15, -0.1) is 0 Å². The van der Waals surface area contributed by atoms with E-state index in [2.05, 4.69) is 20.2 Å². The Balaban J connectivity index is 1.83. The molecular weight excluding hydrogens is 362 g/mol. The maximum atomic E-state index is 11.9. The first kappa shape index (κ1) is 19.4. The molecule has 0 spiro atoms. The molecule has 1 aromatic carbocycles.